The number of aryl methyl sites for hydroxylation is 1. The molecule has 5 nitrogen and oxygen atoms in total. The Labute approximate surface area is 148 Å². The largest absolute Gasteiger partial charge is 0.497 e. The molecule has 1 aromatic heterocycles. The van der Waals surface area contributed by atoms with E-state index < -0.39 is 5.91 Å². The highest BCUT2D eigenvalue weighted by Gasteiger charge is 2.14. The van der Waals surface area contributed by atoms with E-state index in [0.717, 1.165) is 17.0 Å². The number of anilines is 1. The third-order valence-electron chi connectivity index (χ3n) is 4.05. The second-order valence-corrected chi connectivity index (χ2v) is 6.14. The molecule has 2 rings (SSSR count). The minimum atomic E-state index is -0.429. The number of methoxy groups -OCH3 is 1. The molecule has 0 fully saturated rings. The smallest absolute Gasteiger partial charge is 0.266 e. The molecule has 0 bridgehead atoms. The fourth-order valence-electron chi connectivity index (χ4n) is 2.92. The molecule has 2 aromatic rings. The molecule has 0 aliphatic heterocycles. The Kier molecular flexibility index (Phi) is 5.66. The number of carbonyl (C=O) groups is 1. The molecule has 0 saturated carbocycles. The van der Waals surface area contributed by atoms with Crippen LogP contribution < -0.4 is 10.1 Å². The summed E-state index contributed by atoms with van der Waals surface area (Å²) in [4.78, 5) is 12.4. The lowest BCUT2D eigenvalue weighted by Gasteiger charge is -2.13. The summed E-state index contributed by atoms with van der Waals surface area (Å²) in [5.74, 6) is 0.275. The number of ether oxygens (including phenoxy) is 1. The number of nitrogens with zero attached hydrogens (tertiary/aromatic N) is 2. The molecule has 0 radical (unpaired) electrons. The summed E-state index contributed by atoms with van der Waals surface area (Å²) in [7, 11) is 1.58. The highest BCUT2D eigenvalue weighted by molar-refractivity contribution is 6.09. The third-order valence-corrected chi connectivity index (χ3v) is 4.05. The van der Waals surface area contributed by atoms with E-state index in [0.29, 0.717) is 17.5 Å². The average Bonchev–Trinajstić information content (AvgIpc) is 2.86. The van der Waals surface area contributed by atoms with Gasteiger partial charge in [0.15, 0.2) is 0 Å². The van der Waals surface area contributed by atoms with Crippen LogP contribution in [0, 0.1) is 25.2 Å². The Morgan fingerprint density at radius 3 is 2.40 bits per heavy atom. The SMILES string of the molecule is COc1ccc(NC(=O)/C(C#N)=C/c2cc(C)n(C(C)C)c2C)cc1. The van der Waals surface area contributed by atoms with Gasteiger partial charge in [0.25, 0.3) is 5.91 Å². The van der Waals surface area contributed by atoms with Gasteiger partial charge in [-0.25, -0.2) is 0 Å². The maximum Gasteiger partial charge on any atom is 0.266 e. The zero-order valence-electron chi connectivity index (χ0n) is 15.3. The fraction of sp³-hybridized carbons (Fsp3) is 0.300. The summed E-state index contributed by atoms with van der Waals surface area (Å²) in [5.41, 5.74) is 3.70. The molecule has 1 N–H and O–H groups in total. The van der Waals surface area contributed by atoms with E-state index in [1.54, 1.807) is 37.5 Å². The van der Waals surface area contributed by atoms with Crippen molar-refractivity contribution < 1.29 is 9.53 Å². The quantitative estimate of drug-likeness (QED) is 0.655. The summed E-state index contributed by atoms with van der Waals surface area (Å²) in [6.07, 6.45) is 1.64. The fourth-order valence-corrected chi connectivity index (χ4v) is 2.92. The first-order valence-corrected chi connectivity index (χ1v) is 8.13. The molecular formula is C20H23N3O2. The zero-order chi connectivity index (χ0) is 18.6. The van der Waals surface area contributed by atoms with Crippen molar-refractivity contribution in [3.8, 4) is 11.8 Å². The van der Waals surface area contributed by atoms with Gasteiger partial charge in [0.05, 0.1) is 7.11 Å². The van der Waals surface area contributed by atoms with E-state index in [4.69, 9.17) is 4.74 Å². The van der Waals surface area contributed by atoms with Crippen LogP contribution in [0.15, 0.2) is 35.9 Å². The minimum Gasteiger partial charge on any atom is -0.497 e. The van der Waals surface area contributed by atoms with Crippen molar-refractivity contribution in [2.24, 2.45) is 0 Å². The van der Waals surface area contributed by atoms with E-state index in [9.17, 15) is 10.1 Å². The molecule has 0 aliphatic carbocycles. The van der Waals surface area contributed by atoms with Gasteiger partial charge in [-0.1, -0.05) is 0 Å². The molecule has 1 amide bonds. The molecule has 0 saturated heterocycles. The zero-order valence-corrected chi connectivity index (χ0v) is 15.3. The van der Waals surface area contributed by atoms with Crippen molar-refractivity contribution in [3.63, 3.8) is 0 Å². The van der Waals surface area contributed by atoms with Crippen LogP contribution in [0.2, 0.25) is 0 Å². The Balaban J connectivity index is 2.26. The highest BCUT2D eigenvalue weighted by Crippen LogP contribution is 2.23. The lowest BCUT2D eigenvalue weighted by atomic mass is 10.1. The van der Waals surface area contributed by atoms with Crippen LogP contribution in [0.3, 0.4) is 0 Å². The van der Waals surface area contributed by atoms with Crippen LogP contribution >= 0.6 is 0 Å². The molecule has 0 aliphatic rings. The first-order valence-electron chi connectivity index (χ1n) is 8.13. The monoisotopic (exact) mass is 337 g/mol. The van der Waals surface area contributed by atoms with Crippen LogP contribution in [0.25, 0.3) is 6.08 Å². The van der Waals surface area contributed by atoms with E-state index in [1.165, 1.54) is 0 Å². The van der Waals surface area contributed by atoms with Gasteiger partial charge in [0.1, 0.15) is 17.4 Å². The second-order valence-electron chi connectivity index (χ2n) is 6.14. The van der Waals surface area contributed by atoms with E-state index in [1.807, 2.05) is 26.0 Å². The lowest BCUT2D eigenvalue weighted by Crippen LogP contribution is -2.13. The van der Waals surface area contributed by atoms with Gasteiger partial charge in [-0.15, -0.1) is 0 Å². The molecular weight excluding hydrogens is 314 g/mol. The van der Waals surface area contributed by atoms with Crippen molar-refractivity contribution in [3.05, 3.63) is 52.9 Å². The number of aromatic nitrogens is 1. The topological polar surface area (TPSA) is 67.0 Å². The van der Waals surface area contributed by atoms with Gasteiger partial charge in [-0.2, -0.15) is 5.26 Å². The van der Waals surface area contributed by atoms with Crippen LogP contribution in [0.1, 0.15) is 36.8 Å². The maximum atomic E-state index is 12.4. The van der Waals surface area contributed by atoms with Gasteiger partial charge in [-0.05, 0) is 69.7 Å². The first-order chi connectivity index (χ1) is 11.9. The summed E-state index contributed by atoms with van der Waals surface area (Å²) < 4.78 is 7.27. The number of benzene rings is 1. The molecule has 1 aromatic carbocycles. The minimum absolute atomic E-state index is 0.0693. The number of rotatable bonds is 5. The van der Waals surface area contributed by atoms with Crippen molar-refractivity contribution in [2.45, 2.75) is 33.7 Å². The Bertz CT molecular complexity index is 837. The van der Waals surface area contributed by atoms with Crippen molar-refractivity contribution >= 4 is 17.7 Å². The van der Waals surface area contributed by atoms with Crippen molar-refractivity contribution in [1.29, 1.82) is 5.26 Å². The van der Waals surface area contributed by atoms with Gasteiger partial charge in [0, 0.05) is 23.1 Å². The Morgan fingerprint density at radius 2 is 1.92 bits per heavy atom. The molecule has 5 heteroatoms. The van der Waals surface area contributed by atoms with E-state index >= 15 is 0 Å². The van der Waals surface area contributed by atoms with Gasteiger partial charge < -0.3 is 14.6 Å². The van der Waals surface area contributed by atoms with Crippen molar-refractivity contribution in [2.75, 3.05) is 12.4 Å². The molecule has 25 heavy (non-hydrogen) atoms. The van der Waals surface area contributed by atoms with Crippen molar-refractivity contribution in [1.82, 2.24) is 4.57 Å². The second kappa shape index (κ2) is 7.71. The molecule has 1 heterocycles. The number of amides is 1. The lowest BCUT2D eigenvalue weighted by molar-refractivity contribution is -0.112. The highest BCUT2D eigenvalue weighted by atomic mass is 16.5. The number of carbonyl (C=O) groups excluding carboxylic acids is 1. The normalized spacial score (nSPS) is 11.3. The molecule has 0 unspecified atom stereocenters. The van der Waals surface area contributed by atoms with Gasteiger partial charge in [0.2, 0.25) is 0 Å². The maximum absolute atomic E-state index is 12.4. The van der Waals surface area contributed by atoms with E-state index in [-0.39, 0.29) is 5.57 Å². The summed E-state index contributed by atoms with van der Waals surface area (Å²) in [5, 5.41) is 12.1. The number of hydrogen-bond acceptors (Lipinski definition) is 3. The number of hydrogen-bond donors (Lipinski definition) is 1. The summed E-state index contributed by atoms with van der Waals surface area (Å²) in [6, 6.07) is 11.3. The molecule has 0 spiro atoms. The summed E-state index contributed by atoms with van der Waals surface area (Å²) >= 11 is 0. The van der Waals surface area contributed by atoms with Crippen LogP contribution in [-0.4, -0.2) is 17.6 Å². The Hall–Kier alpha value is -3.00. The third kappa shape index (κ3) is 4.10. The first kappa shape index (κ1) is 18.3. The Morgan fingerprint density at radius 1 is 1.28 bits per heavy atom. The van der Waals surface area contributed by atoms with E-state index in [2.05, 4.69) is 23.7 Å². The predicted octanol–water partition coefficient (Wildman–Crippen LogP) is 4.24. The van der Waals surface area contributed by atoms with Crippen LogP contribution in [0.5, 0.6) is 5.75 Å². The standard InChI is InChI=1S/C20H23N3O2/c1-13(2)23-14(3)10-16(15(23)4)11-17(12-21)20(24)22-18-6-8-19(25-5)9-7-18/h6-11,13H,1-5H3,(H,22,24)/b17-11+. The molecule has 0 atom stereocenters. The summed E-state index contributed by atoms with van der Waals surface area (Å²) in [6.45, 7) is 8.23. The van der Waals surface area contributed by atoms with Crippen LogP contribution in [-0.2, 0) is 4.79 Å². The number of nitrogens with one attached hydrogen (secondary N) is 1. The van der Waals surface area contributed by atoms with Gasteiger partial charge in [-0.3, -0.25) is 4.79 Å². The average molecular weight is 337 g/mol. The predicted molar refractivity (Wildman–Crippen MR) is 99.5 cm³/mol. The van der Waals surface area contributed by atoms with Gasteiger partial charge >= 0.3 is 0 Å². The molecule has 130 valence electrons. The van der Waals surface area contributed by atoms with Crippen LogP contribution in [0.4, 0.5) is 5.69 Å². The number of nitriles is 1.